The molecule has 2 heteroatoms. The highest BCUT2D eigenvalue weighted by Crippen LogP contribution is 2.22. The van der Waals surface area contributed by atoms with Crippen LogP contribution in [0.15, 0.2) is 36.4 Å². The maximum atomic E-state index is 8.96. The Morgan fingerprint density at radius 3 is 2.50 bits per heavy atom. The highest BCUT2D eigenvalue weighted by atomic mass is 14.5. The highest BCUT2D eigenvalue weighted by molar-refractivity contribution is 5.90. The van der Waals surface area contributed by atoms with Crippen molar-refractivity contribution in [1.82, 2.24) is 0 Å². The summed E-state index contributed by atoms with van der Waals surface area (Å²) in [5.74, 6) is 0. The van der Waals surface area contributed by atoms with E-state index in [9.17, 15) is 0 Å². The van der Waals surface area contributed by atoms with Gasteiger partial charge in [-0.2, -0.15) is 5.26 Å². The lowest BCUT2D eigenvalue weighted by atomic mass is 10.00. The molecule has 2 rings (SSSR count). The summed E-state index contributed by atoms with van der Waals surface area (Å²) in [5, 5.41) is 11.0. The molecule has 0 atom stereocenters. The van der Waals surface area contributed by atoms with E-state index in [0.717, 1.165) is 16.3 Å². The summed E-state index contributed by atoms with van der Waals surface area (Å²) in [6, 6.07) is 13.8. The van der Waals surface area contributed by atoms with Crippen LogP contribution in [0.5, 0.6) is 0 Å². The van der Waals surface area contributed by atoms with Gasteiger partial charge in [-0.15, -0.1) is 0 Å². The molecule has 2 aromatic rings. The van der Waals surface area contributed by atoms with E-state index in [1.165, 1.54) is 0 Å². The van der Waals surface area contributed by atoms with Crippen LogP contribution in [0.2, 0.25) is 0 Å². The number of nitrogens with zero attached hydrogens (tertiary/aromatic N) is 1. The van der Waals surface area contributed by atoms with E-state index in [0.29, 0.717) is 12.1 Å². The average molecular weight is 182 g/mol. The molecule has 2 nitrogen and oxygen atoms in total. The summed E-state index contributed by atoms with van der Waals surface area (Å²) in [6.45, 7) is 0.468. The molecule has 0 saturated carbocycles. The van der Waals surface area contributed by atoms with Gasteiger partial charge in [-0.05, 0) is 17.0 Å². The third kappa shape index (κ3) is 1.24. The summed E-state index contributed by atoms with van der Waals surface area (Å²) in [5.41, 5.74) is 7.36. The maximum absolute atomic E-state index is 8.96. The van der Waals surface area contributed by atoms with Crippen LogP contribution in [0.3, 0.4) is 0 Å². The molecule has 0 bridgehead atoms. The number of fused-ring (bicyclic) bond motifs is 1. The molecule has 0 spiro atoms. The Kier molecular flexibility index (Phi) is 2.18. The van der Waals surface area contributed by atoms with Gasteiger partial charge in [-0.25, -0.2) is 0 Å². The first-order valence-corrected chi connectivity index (χ1v) is 4.47. The molecule has 0 aliphatic heterocycles. The van der Waals surface area contributed by atoms with E-state index in [1.54, 1.807) is 0 Å². The number of benzene rings is 2. The zero-order valence-electron chi connectivity index (χ0n) is 7.70. The number of hydrogen-bond acceptors (Lipinski definition) is 2. The van der Waals surface area contributed by atoms with Gasteiger partial charge in [0.2, 0.25) is 0 Å². The second-order valence-electron chi connectivity index (χ2n) is 3.14. The van der Waals surface area contributed by atoms with Crippen molar-refractivity contribution in [1.29, 1.82) is 5.26 Å². The van der Waals surface area contributed by atoms with Crippen molar-refractivity contribution in [3.63, 3.8) is 0 Å². The molecule has 2 N–H and O–H groups in total. The fourth-order valence-corrected chi connectivity index (χ4v) is 1.68. The second-order valence-corrected chi connectivity index (χ2v) is 3.14. The van der Waals surface area contributed by atoms with Crippen molar-refractivity contribution >= 4 is 10.8 Å². The minimum absolute atomic E-state index is 0.468. The van der Waals surface area contributed by atoms with Crippen LogP contribution < -0.4 is 5.73 Å². The average Bonchev–Trinajstić information content (AvgIpc) is 2.27. The highest BCUT2D eigenvalue weighted by Gasteiger charge is 2.03. The Hall–Kier alpha value is -1.85. The molecule has 0 aliphatic rings. The number of nitrogens with two attached hydrogens (primary N) is 1. The number of hydrogen-bond donors (Lipinski definition) is 1. The molecule has 0 aromatic heterocycles. The van der Waals surface area contributed by atoms with Crippen molar-refractivity contribution in [3.05, 3.63) is 47.5 Å². The van der Waals surface area contributed by atoms with Gasteiger partial charge in [-0.3, -0.25) is 0 Å². The first-order valence-electron chi connectivity index (χ1n) is 4.47. The minimum Gasteiger partial charge on any atom is -0.326 e. The predicted molar refractivity (Wildman–Crippen MR) is 56.6 cm³/mol. The zero-order valence-corrected chi connectivity index (χ0v) is 7.70. The molecule has 0 fully saturated rings. The second kappa shape index (κ2) is 3.49. The molecule has 2 aromatic carbocycles. The van der Waals surface area contributed by atoms with Gasteiger partial charge >= 0.3 is 0 Å². The van der Waals surface area contributed by atoms with Gasteiger partial charge in [0, 0.05) is 11.9 Å². The number of rotatable bonds is 1. The van der Waals surface area contributed by atoms with E-state index in [-0.39, 0.29) is 0 Å². The van der Waals surface area contributed by atoms with Crippen LogP contribution in [0.25, 0.3) is 10.8 Å². The molecular formula is C12H10N2. The fourth-order valence-electron chi connectivity index (χ4n) is 1.68. The van der Waals surface area contributed by atoms with Crippen LogP contribution in [0.1, 0.15) is 11.1 Å². The summed E-state index contributed by atoms with van der Waals surface area (Å²) in [6.07, 6.45) is 0. The van der Waals surface area contributed by atoms with E-state index >= 15 is 0 Å². The molecule has 0 heterocycles. The van der Waals surface area contributed by atoms with Crippen molar-refractivity contribution in [3.8, 4) is 6.07 Å². The molecule has 68 valence electrons. The van der Waals surface area contributed by atoms with Crippen molar-refractivity contribution in [2.24, 2.45) is 5.73 Å². The Bertz CT molecular complexity index is 504. The van der Waals surface area contributed by atoms with Gasteiger partial charge in [0.05, 0.1) is 11.6 Å². The fraction of sp³-hybridized carbons (Fsp3) is 0.0833. The summed E-state index contributed by atoms with van der Waals surface area (Å²) in [4.78, 5) is 0. The first kappa shape index (κ1) is 8.74. The molecule has 0 aliphatic carbocycles. The zero-order chi connectivity index (χ0) is 9.97. The third-order valence-corrected chi connectivity index (χ3v) is 2.33. The SMILES string of the molecule is N#Cc1cccc2cccc(CN)c12. The lowest BCUT2D eigenvalue weighted by molar-refractivity contribution is 1.09. The maximum Gasteiger partial charge on any atom is 0.0998 e. The summed E-state index contributed by atoms with van der Waals surface area (Å²) in [7, 11) is 0. The molecular weight excluding hydrogens is 172 g/mol. The quantitative estimate of drug-likeness (QED) is 0.734. The van der Waals surface area contributed by atoms with Gasteiger partial charge in [0.15, 0.2) is 0 Å². The lowest BCUT2D eigenvalue weighted by Gasteiger charge is -2.05. The van der Waals surface area contributed by atoms with Gasteiger partial charge in [-0.1, -0.05) is 30.3 Å². The first-order chi connectivity index (χ1) is 6.86. The van der Waals surface area contributed by atoms with E-state index in [2.05, 4.69) is 6.07 Å². The molecule has 0 unspecified atom stereocenters. The van der Waals surface area contributed by atoms with Gasteiger partial charge in [0.25, 0.3) is 0 Å². The lowest BCUT2D eigenvalue weighted by Crippen LogP contribution is -1.98. The van der Waals surface area contributed by atoms with Crippen LogP contribution in [0.4, 0.5) is 0 Å². The van der Waals surface area contributed by atoms with Crippen LogP contribution in [-0.4, -0.2) is 0 Å². The number of nitriles is 1. The van der Waals surface area contributed by atoms with E-state index in [4.69, 9.17) is 11.0 Å². The van der Waals surface area contributed by atoms with E-state index in [1.807, 2.05) is 36.4 Å². The summed E-state index contributed by atoms with van der Waals surface area (Å²) < 4.78 is 0. The minimum atomic E-state index is 0.468. The molecule has 0 radical (unpaired) electrons. The Balaban J connectivity index is 2.90. The third-order valence-electron chi connectivity index (χ3n) is 2.33. The summed E-state index contributed by atoms with van der Waals surface area (Å²) >= 11 is 0. The molecule has 0 amide bonds. The largest absolute Gasteiger partial charge is 0.326 e. The van der Waals surface area contributed by atoms with E-state index < -0.39 is 0 Å². The van der Waals surface area contributed by atoms with Crippen molar-refractivity contribution in [2.45, 2.75) is 6.54 Å². The van der Waals surface area contributed by atoms with Crippen LogP contribution in [-0.2, 0) is 6.54 Å². The normalized spacial score (nSPS) is 10.0. The molecule has 0 saturated heterocycles. The Labute approximate surface area is 82.6 Å². The van der Waals surface area contributed by atoms with Crippen molar-refractivity contribution < 1.29 is 0 Å². The smallest absolute Gasteiger partial charge is 0.0998 e. The van der Waals surface area contributed by atoms with Crippen LogP contribution in [0, 0.1) is 11.3 Å². The van der Waals surface area contributed by atoms with Gasteiger partial charge < -0.3 is 5.73 Å². The predicted octanol–water partition coefficient (Wildman–Crippen LogP) is 2.17. The monoisotopic (exact) mass is 182 g/mol. The molecule has 14 heavy (non-hydrogen) atoms. The van der Waals surface area contributed by atoms with Crippen LogP contribution >= 0.6 is 0 Å². The topological polar surface area (TPSA) is 49.8 Å². The standard InChI is InChI=1S/C12H10N2/c13-7-10-5-1-3-9-4-2-6-11(8-14)12(9)10/h1-6H,7,13H2. The Morgan fingerprint density at radius 2 is 1.86 bits per heavy atom. The Morgan fingerprint density at radius 1 is 1.14 bits per heavy atom. The van der Waals surface area contributed by atoms with Gasteiger partial charge in [0.1, 0.15) is 0 Å². The van der Waals surface area contributed by atoms with Crippen molar-refractivity contribution in [2.75, 3.05) is 0 Å².